The molecule has 0 aliphatic carbocycles. The van der Waals surface area contributed by atoms with Crippen molar-refractivity contribution in [2.75, 3.05) is 10.6 Å². The molecule has 2 N–H and O–H groups in total. The summed E-state index contributed by atoms with van der Waals surface area (Å²) in [6, 6.07) is 9.82. The van der Waals surface area contributed by atoms with E-state index >= 15 is 0 Å². The maximum atomic E-state index is 5.34. The van der Waals surface area contributed by atoms with Crippen LogP contribution in [0.3, 0.4) is 0 Å². The van der Waals surface area contributed by atoms with E-state index in [2.05, 4.69) is 39.4 Å². The number of nitrogens with zero attached hydrogens (tertiary/aromatic N) is 3. The van der Waals surface area contributed by atoms with E-state index in [0.29, 0.717) is 12.5 Å². The average molecular weight is 309 g/mol. The van der Waals surface area contributed by atoms with E-state index in [1.54, 1.807) is 18.7 Å². The highest BCUT2D eigenvalue weighted by Gasteiger charge is 2.08. The lowest BCUT2D eigenvalue weighted by Gasteiger charge is -2.12. The molecule has 118 valence electrons. The van der Waals surface area contributed by atoms with Crippen molar-refractivity contribution in [3.63, 3.8) is 0 Å². The fraction of sp³-hybridized carbons (Fsp3) is 0.235. The topological polar surface area (TPSA) is 75.9 Å². The molecule has 0 saturated carbocycles. The zero-order chi connectivity index (χ0) is 16.1. The quantitative estimate of drug-likeness (QED) is 0.725. The van der Waals surface area contributed by atoms with E-state index in [1.807, 2.05) is 30.3 Å². The van der Waals surface area contributed by atoms with Crippen molar-refractivity contribution in [3.8, 4) is 11.3 Å². The van der Waals surface area contributed by atoms with Gasteiger partial charge in [0, 0.05) is 30.1 Å². The number of pyridine rings is 1. The van der Waals surface area contributed by atoms with E-state index in [9.17, 15) is 0 Å². The predicted molar refractivity (Wildman–Crippen MR) is 90.1 cm³/mol. The SMILES string of the molecule is CC(C)Nc1nc(NCc2ccco2)cc(-c2ccncc2)n1. The minimum absolute atomic E-state index is 0.251. The first-order valence-corrected chi connectivity index (χ1v) is 7.53. The summed E-state index contributed by atoms with van der Waals surface area (Å²) >= 11 is 0. The van der Waals surface area contributed by atoms with Crippen molar-refractivity contribution in [3.05, 3.63) is 54.7 Å². The lowest BCUT2D eigenvalue weighted by Crippen LogP contribution is -2.14. The fourth-order valence-electron chi connectivity index (χ4n) is 2.12. The Kier molecular flexibility index (Phi) is 4.52. The van der Waals surface area contributed by atoms with Gasteiger partial charge in [-0.1, -0.05) is 0 Å². The smallest absolute Gasteiger partial charge is 0.225 e. The van der Waals surface area contributed by atoms with Gasteiger partial charge < -0.3 is 15.1 Å². The first kappa shape index (κ1) is 15.0. The van der Waals surface area contributed by atoms with E-state index < -0.39 is 0 Å². The third kappa shape index (κ3) is 4.06. The van der Waals surface area contributed by atoms with Crippen LogP contribution in [0.4, 0.5) is 11.8 Å². The number of hydrogen-bond donors (Lipinski definition) is 2. The van der Waals surface area contributed by atoms with Gasteiger partial charge in [0.25, 0.3) is 0 Å². The normalized spacial score (nSPS) is 10.7. The number of nitrogens with one attached hydrogen (secondary N) is 2. The molecule has 6 heteroatoms. The van der Waals surface area contributed by atoms with E-state index in [4.69, 9.17) is 4.42 Å². The van der Waals surface area contributed by atoms with Crippen molar-refractivity contribution < 1.29 is 4.42 Å². The van der Waals surface area contributed by atoms with Crippen LogP contribution in [-0.2, 0) is 6.54 Å². The molecule has 0 radical (unpaired) electrons. The van der Waals surface area contributed by atoms with Crippen molar-refractivity contribution >= 4 is 11.8 Å². The molecule has 3 aromatic rings. The average Bonchev–Trinajstić information content (AvgIpc) is 3.06. The van der Waals surface area contributed by atoms with Gasteiger partial charge in [-0.25, -0.2) is 4.98 Å². The number of furan rings is 1. The second-order valence-corrected chi connectivity index (χ2v) is 5.43. The lowest BCUT2D eigenvalue weighted by atomic mass is 10.2. The third-order valence-corrected chi connectivity index (χ3v) is 3.14. The molecule has 0 atom stereocenters. The van der Waals surface area contributed by atoms with Gasteiger partial charge in [0.05, 0.1) is 18.5 Å². The summed E-state index contributed by atoms with van der Waals surface area (Å²) in [5.41, 5.74) is 1.84. The molecular weight excluding hydrogens is 290 g/mol. The van der Waals surface area contributed by atoms with Crippen molar-refractivity contribution in [2.45, 2.75) is 26.4 Å². The van der Waals surface area contributed by atoms with Crippen molar-refractivity contribution in [1.29, 1.82) is 0 Å². The van der Waals surface area contributed by atoms with Crippen LogP contribution in [0.5, 0.6) is 0 Å². The van der Waals surface area contributed by atoms with Crippen LogP contribution in [-0.4, -0.2) is 21.0 Å². The third-order valence-electron chi connectivity index (χ3n) is 3.14. The molecule has 0 aromatic carbocycles. The minimum atomic E-state index is 0.251. The first-order valence-electron chi connectivity index (χ1n) is 7.53. The number of rotatable bonds is 6. The Morgan fingerprint density at radius 2 is 1.96 bits per heavy atom. The van der Waals surface area contributed by atoms with Gasteiger partial charge in [-0.3, -0.25) is 4.98 Å². The summed E-state index contributed by atoms with van der Waals surface area (Å²) in [7, 11) is 0. The Bertz CT molecular complexity index is 741. The van der Waals surface area contributed by atoms with Gasteiger partial charge in [-0.2, -0.15) is 4.98 Å². The lowest BCUT2D eigenvalue weighted by molar-refractivity contribution is 0.518. The van der Waals surface area contributed by atoms with Crippen molar-refractivity contribution in [2.24, 2.45) is 0 Å². The maximum Gasteiger partial charge on any atom is 0.225 e. The van der Waals surface area contributed by atoms with Gasteiger partial charge in [-0.05, 0) is 38.1 Å². The Hall–Kier alpha value is -2.89. The standard InChI is InChI=1S/C17H19N5O/c1-12(2)20-17-21-15(13-5-7-18-8-6-13)10-16(22-17)19-11-14-4-3-9-23-14/h3-10,12H,11H2,1-2H3,(H2,19,20,21,22). The second kappa shape index (κ2) is 6.91. The Labute approximate surface area is 135 Å². The summed E-state index contributed by atoms with van der Waals surface area (Å²) in [5.74, 6) is 2.19. The maximum absolute atomic E-state index is 5.34. The molecule has 0 unspecified atom stereocenters. The largest absolute Gasteiger partial charge is 0.467 e. The predicted octanol–water partition coefficient (Wildman–Crippen LogP) is 3.56. The minimum Gasteiger partial charge on any atom is -0.467 e. The molecule has 0 amide bonds. The zero-order valence-electron chi connectivity index (χ0n) is 13.2. The summed E-state index contributed by atoms with van der Waals surface area (Å²) in [6.07, 6.45) is 5.16. The van der Waals surface area contributed by atoms with Crippen LogP contribution in [0.1, 0.15) is 19.6 Å². The molecule has 3 heterocycles. The highest BCUT2D eigenvalue weighted by Crippen LogP contribution is 2.21. The van der Waals surface area contributed by atoms with Gasteiger partial charge in [0.15, 0.2) is 0 Å². The Morgan fingerprint density at radius 3 is 2.65 bits per heavy atom. The van der Waals surface area contributed by atoms with Crippen LogP contribution in [0.25, 0.3) is 11.3 Å². The molecule has 0 fully saturated rings. The highest BCUT2D eigenvalue weighted by molar-refractivity contribution is 5.63. The summed E-state index contributed by atoms with van der Waals surface area (Å²) in [5, 5.41) is 6.52. The van der Waals surface area contributed by atoms with Crippen LogP contribution in [0, 0.1) is 0 Å². The Morgan fingerprint density at radius 1 is 1.13 bits per heavy atom. The van der Waals surface area contributed by atoms with Crippen LogP contribution in [0.2, 0.25) is 0 Å². The number of anilines is 2. The van der Waals surface area contributed by atoms with Crippen LogP contribution < -0.4 is 10.6 Å². The zero-order valence-corrected chi connectivity index (χ0v) is 13.2. The van der Waals surface area contributed by atoms with Gasteiger partial charge in [-0.15, -0.1) is 0 Å². The van der Waals surface area contributed by atoms with E-state index in [1.165, 1.54) is 0 Å². The molecule has 0 aliphatic rings. The van der Waals surface area contributed by atoms with Gasteiger partial charge in [0.1, 0.15) is 11.6 Å². The van der Waals surface area contributed by atoms with Gasteiger partial charge >= 0.3 is 0 Å². The molecular formula is C17H19N5O. The summed E-state index contributed by atoms with van der Waals surface area (Å²) < 4.78 is 5.34. The molecule has 23 heavy (non-hydrogen) atoms. The van der Waals surface area contributed by atoms with Crippen LogP contribution in [0.15, 0.2) is 53.4 Å². The van der Waals surface area contributed by atoms with E-state index in [0.717, 1.165) is 22.8 Å². The number of hydrogen-bond acceptors (Lipinski definition) is 6. The fourth-order valence-corrected chi connectivity index (χ4v) is 2.12. The monoisotopic (exact) mass is 309 g/mol. The molecule has 3 rings (SSSR count). The van der Waals surface area contributed by atoms with Crippen molar-refractivity contribution in [1.82, 2.24) is 15.0 Å². The summed E-state index contributed by atoms with van der Waals surface area (Å²) in [4.78, 5) is 13.1. The summed E-state index contributed by atoms with van der Waals surface area (Å²) in [6.45, 7) is 4.68. The molecule has 0 saturated heterocycles. The first-order chi connectivity index (χ1) is 11.2. The molecule has 6 nitrogen and oxygen atoms in total. The van der Waals surface area contributed by atoms with E-state index in [-0.39, 0.29) is 6.04 Å². The van der Waals surface area contributed by atoms with Gasteiger partial charge in [0.2, 0.25) is 5.95 Å². The molecule has 0 bridgehead atoms. The molecule has 0 spiro atoms. The number of aromatic nitrogens is 3. The Balaban J connectivity index is 1.88. The molecule has 3 aromatic heterocycles. The molecule has 0 aliphatic heterocycles. The second-order valence-electron chi connectivity index (χ2n) is 5.43. The highest BCUT2D eigenvalue weighted by atomic mass is 16.3. The van der Waals surface area contributed by atoms with Crippen LogP contribution >= 0.6 is 0 Å².